The van der Waals surface area contributed by atoms with E-state index in [0.29, 0.717) is 12.1 Å². The Morgan fingerprint density at radius 2 is 2.07 bits per heavy atom. The molecular weight excluding hydrogens is 195 g/mol. The molecule has 1 atom stereocenters. The Bertz CT molecular complexity index is 324. The van der Waals surface area contributed by atoms with Crippen LogP contribution in [-0.4, -0.2) is 11.9 Å². The highest BCUT2D eigenvalue weighted by atomic mass is 19.1. The fourth-order valence-electron chi connectivity index (χ4n) is 1.21. The van der Waals surface area contributed by atoms with Crippen molar-refractivity contribution in [2.24, 2.45) is 5.73 Å². The molecular formula is C11H15FN2O. The standard InChI is InChI=1S/C11H15FN2O/c1-2-3-10(13)11(15)14-9-6-4-8(12)5-7-9/h4-7,10H,2-3,13H2,1H3,(H,14,15)/t10-/m1/s1. The van der Waals surface area contributed by atoms with Crippen LogP contribution >= 0.6 is 0 Å². The van der Waals surface area contributed by atoms with Crippen molar-refractivity contribution < 1.29 is 9.18 Å². The molecule has 1 aromatic carbocycles. The van der Waals surface area contributed by atoms with Gasteiger partial charge in [0.05, 0.1) is 6.04 Å². The lowest BCUT2D eigenvalue weighted by Gasteiger charge is -2.10. The summed E-state index contributed by atoms with van der Waals surface area (Å²) in [6.07, 6.45) is 1.50. The molecule has 15 heavy (non-hydrogen) atoms. The lowest BCUT2D eigenvalue weighted by molar-refractivity contribution is -0.117. The van der Waals surface area contributed by atoms with Gasteiger partial charge in [0.1, 0.15) is 5.82 Å². The summed E-state index contributed by atoms with van der Waals surface area (Å²) in [6.45, 7) is 1.96. The second-order valence-electron chi connectivity index (χ2n) is 3.39. The van der Waals surface area contributed by atoms with Crippen LogP contribution in [0.15, 0.2) is 24.3 Å². The molecule has 0 aliphatic heterocycles. The van der Waals surface area contributed by atoms with Gasteiger partial charge in [-0.1, -0.05) is 13.3 Å². The Hall–Kier alpha value is -1.42. The molecule has 0 aliphatic rings. The van der Waals surface area contributed by atoms with Gasteiger partial charge in [-0.2, -0.15) is 0 Å². The minimum atomic E-state index is -0.500. The van der Waals surface area contributed by atoms with E-state index in [-0.39, 0.29) is 11.7 Å². The van der Waals surface area contributed by atoms with Gasteiger partial charge in [0.15, 0.2) is 0 Å². The molecule has 3 nitrogen and oxygen atoms in total. The molecule has 0 saturated carbocycles. The van der Waals surface area contributed by atoms with Crippen molar-refractivity contribution >= 4 is 11.6 Å². The van der Waals surface area contributed by atoms with E-state index in [9.17, 15) is 9.18 Å². The predicted molar refractivity (Wildman–Crippen MR) is 57.9 cm³/mol. The third kappa shape index (κ3) is 3.67. The maximum absolute atomic E-state index is 12.6. The molecule has 0 aromatic heterocycles. The molecule has 82 valence electrons. The molecule has 0 unspecified atom stereocenters. The van der Waals surface area contributed by atoms with Gasteiger partial charge < -0.3 is 11.1 Å². The topological polar surface area (TPSA) is 55.1 Å². The molecule has 4 heteroatoms. The van der Waals surface area contributed by atoms with Gasteiger partial charge in [-0.25, -0.2) is 4.39 Å². The maximum Gasteiger partial charge on any atom is 0.241 e. The predicted octanol–water partition coefficient (Wildman–Crippen LogP) is 1.89. The van der Waals surface area contributed by atoms with Crippen LogP contribution in [0.4, 0.5) is 10.1 Å². The third-order valence-electron chi connectivity index (χ3n) is 2.05. The Kier molecular flexibility index (Phi) is 4.24. The van der Waals surface area contributed by atoms with Crippen molar-refractivity contribution in [3.63, 3.8) is 0 Å². The van der Waals surface area contributed by atoms with Crippen LogP contribution in [0.25, 0.3) is 0 Å². The molecule has 0 aliphatic carbocycles. The van der Waals surface area contributed by atoms with Crippen LogP contribution in [0.5, 0.6) is 0 Å². The number of hydrogen-bond acceptors (Lipinski definition) is 2. The summed E-state index contributed by atoms with van der Waals surface area (Å²) in [4.78, 5) is 11.5. The van der Waals surface area contributed by atoms with Gasteiger partial charge in [-0.15, -0.1) is 0 Å². The molecule has 0 bridgehead atoms. The first kappa shape index (κ1) is 11.7. The van der Waals surface area contributed by atoms with Gasteiger partial charge in [-0.05, 0) is 30.7 Å². The highest BCUT2D eigenvalue weighted by molar-refractivity contribution is 5.94. The zero-order valence-corrected chi connectivity index (χ0v) is 8.66. The lowest BCUT2D eigenvalue weighted by Crippen LogP contribution is -2.35. The zero-order valence-electron chi connectivity index (χ0n) is 8.66. The smallest absolute Gasteiger partial charge is 0.241 e. The minimum Gasteiger partial charge on any atom is -0.325 e. The highest BCUT2D eigenvalue weighted by Crippen LogP contribution is 2.08. The monoisotopic (exact) mass is 210 g/mol. The number of carbonyl (C=O) groups excluding carboxylic acids is 1. The van der Waals surface area contributed by atoms with E-state index >= 15 is 0 Å². The second kappa shape index (κ2) is 5.46. The van der Waals surface area contributed by atoms with Crippen LogP contribution in [-0.2, 0) is 4.79 Å². The van der Waals surface area contributed by atoms with E-state index in [1.807, 2.05) is 6.92 Å². The fraction of sp³-hybridized carbons (Fsp3) is 0.364. The molecule has 0 saturated heterocycles. The Labute approximate surface area is 88.5 Å². The van der Waals surface area contributed by atoms with Gasteiger partial charge in [-0.3, -0.25) is 4.79 Å². The lowest BCUT2D eigenvalue weighted by atomic mass is 10.1. The first-order chi connectivity index (χ1) is 7.13. The van der Waals surface area contributed by atoms with Crippen molar-refractivity contribution in [2.45, 2.75) is 25.8 Å². The van der Waals surface area contributed by atoms with Crippen LogP contribution in [0, 0.1) is 5.82 Å². The number of carbonyl (C=O) groups is 1. The van der Waals surface area contributed by atoms with Crippen molar-refractivity contribution in [3.8, 4) is 0 Å². The number of nitrogens with two attached hydrogens (primary N) is 1. The van der Waals surface area contributed by atoms with Gasteiger partial charge in [0.25, 0.3) is 0 Å². The number of halogens is 1. The van der Waals surface area contributed by atoms with Gasteiger partial charge >= 0.3 is 0 Å². The summed E-state index contributed by atoms with van der Waals surface area (Å²) in [5.41, 5.74) is 6.18. The number of amides is 1. The number of anilines is 1. The summed E-state index contributed by atoms with van der Waals surface area (Å²) in [5, 5.41) is 2.62. The van der Waals surface area contributed by atoms with Crippen LogP contribution in [0.1, 0.15) is 19.8 Å². The summed E-state index contributed by atoms with van der Waals surface area (Å²) in [5.74, 6) is -0.561. The SMILES string of the molecule is CCC[C@@H](N)C(=O)Nc1ccc(F)cc1. The summed E-state index contributed by atoms with van der Waals surface area (Å²) < 4.78 is 12.6. The molecule has 1 rings (SSSR count). The molecule has 3 N–H and O–H groups in total. The number of benzene rings is 1. The number of rotatable bonds is 4. The van der Waals surface area contributed by atoms with E-state index in [4.69, 9.17) is 5.73 Å². The Balaban J connectivity index is 2.54. The normalized spacial score (nSPS) is 12.2. The first-order valence-electron chi connectivity index (χ1n) is 4.95. The average molecular weight is 210 g/mol. The largest absolute Gasteiger partial charge is 0.325 e. The van der Waals surface area contributed by atoms with Crippen molar-refractivity contribution in [1.29, 1.82) is 0 Å². The molecule has 0 heterocycles. The summed E-state index contributed by atoms with van der Waals surface area (Å²) in [7, 11) is 0. The van der Waals surface area contributed by atoms with E-state index in [0.717, 1.165) is 6.42 Å². The molecule has 0 radical (unpaired) electrons. The van der Waals surface area contributed by atoms with E-state index in [1.165, 1.54) is 24.3 Å². The number of nitrogens with one attached hydrogen (secondary N) is 1. The van der Waals surface area contributed by atoms with Gasteiger partial charge in [0, 0.05) is 5.69 Å². The van der Waals surface area contributed by atoms with Crippen molar-refractivity contribution in [3.05, 3.63) is 30.1 Å². The van der Waals surface area contributed by atoms with E-state index in [1.54, 1.807) is 0 Å². The van der Waals surface area contributed by atoms with Crippen molar-refractivity contribution in [1.82, 2.24) is 0 Å². The maximum atomic E-state index is 12.6. The average Bonchev–Trinajstić information content (AvgIpc) is 2.22. The summed E-state index contributed by atoms with van der Waals surface area (Å²) in [6, 6.07) is 5.10. The second-order valence-corrected chi connectivity index (χ2v) is 3.39. The molecule has 1 amide bonds. The molecule has 0 spiro atoms. The first-order valence-corrected chi connectivity index (χ1v) is 4.95. The highest BCUT2D eigenvalue weighted by Gasteiger charge is 2.11. The third-order valence-corrected chi connectivity index (χ3v) is 2.05. The Morgan fingerprint density at radius 3 is 2.60 bits per heavy atom. The molecule has 0 fully saturated rings. The quantitative estimate of drug-likeness (QED) is 0.797. The van der Waals surface area contributed by atoms with Crippen molar-refractivity contribution in [2.75, 3.05) is 5.32 Å². The van der Waals surface area contributed by atoms with Crippen LogP contribution in [0.3, 0.4) is 0 Å². The fourth-order valence-corrected chi connectivity index (χ4v) is 1.21. The summed E-state index contributed by atoms with van der Waals surface area (Å²) >= 11 is 0. The van der Waals surface area contributed by atoms with Gasteiger partial charge in [0.2, 0.25) is 5.91 Å². The van der Waals surface area contributed by atoms with Crippen LogP contribution in [0.2, 0.25) is 0 Å². The zero-order chi connectivity index (χ0) is 11.3. The number of hydrogen-bond donors (Lipinski definition) is 2. The van der Waals surface area contributed by atoms with E-state index in [2.05, 4.69) is 5.32 Å². The molecule has 1 aromatic rings. The Morgan fingerprint density at radius 1 is 1.47 bits per heavy atom. The minimum absolute atomic E-state index is 0.233. The van der Waals surface area contributed by atoms with Crippen LogP contribution < -0.4 is 11.1 Å². The van der Waals surface area contributed by atoms with E-state index < -0.39 is 6.04 Å².